The maximum atomic E-state index is 15.6. The number of hydrogen-bond donors (Lipinski definition) is 4. The standard InChI is InChI=1S/C45H59NO14/c1-24-28(57-39(51)33(48)32(26-17-13-11-14-18-26)46-40(52)60-41(3,4)5)22-45(53)37(58-38(50)27-19-15-12-16-20-27)35-43(8,36(49)34(55-10)31(24)42(45,6)7)29(54-9)21-30-44(35,23-56-30)59-25(2)47/h11-20,25,28-30,32-35,37,47-48,53H,21-23H2,1-10H3,(H,46,52)/t25?,28-,29-,30+,32?,33+,34+,35-,37-,43+,44-,45+/m0/s1. The number of aliphatic hydroxyl groups is 3. The number of nitrogens with one attached hydrogen (secondary N) is 1. The Morgan fingerprint density at radius 2 is 1.55 bits per heavy atom. The first-order chi connectivity index (χ1) is 28.1. The Morgan fingerprint density at radius 1 is 0.933 bits per heavy atom. The highest BCUT2D eigenvalue weighted by atomic mass is 16.7. The molecule has 0 radical (unpaired) electrons. The van der Waals surface area contributed by atoms with Crippen LogP contribution in [0, 0.1) is 16.7 Å². The lowest BCUT2D eigenvalue weighted by Gasteiger charge is -2.68. The van der Waals surface area contributed by atoms with Crippen LogP contribution < -0.4 is 5.32 Å². The van der Waals surface area contributed by atoms with E-state index in [1.165, 1.54) is 21.1 Å². The minimum Gasteiger partial charge on any atom is -0.456 e. The van der Waals surface area contributed by atoms with Gasteiger partial charge in [-0.3, -0.25) is 4.79 Å². The molecule has 2 bridgehead atoms. The van der Waals surface area contributed by atoms with Crippen molar-refractivity contribution in [1.29, 1.82) is 0 Å². The van der Waals surface area contributed by atoms with Gasteiger partial charge in [-0.2, -0.15) is 0 Å². The molecule has 4 aliphatic rings. The molecule has 2 unspecified atom stereocenters. The largest absolute Gasteiger partial charge is 0.456 e. The fraction of sp³-hybridized carbons (Fsp3) is 0.600. The topological polar surface area (TPSA) is 206 Å². The van der Waals surface area contributed by atoms with E-state index < -0.39 is 113 Å². The van der Waals surface area contributed by atoms with E-state index in [9.17, 15) is 29.7 Å². The van der Waals surface area contributed by atoms with Crippen LogP contribution in [0.1, 0.15) is 90.2 Å². The van der Waals surface area contributed by atoms with Crippen LogP contribution in [-0.4, -0.2) is 120 Å². The smallest absolute Gasteiger partial charge is 0.408 e. The number of esters is 2. The van der Waals surface area contributed by atoms with Crippen molar-refractivity contribution in [2.45, 2.75) is 134 Å². The number of carbonyl (C=O) groups is 4. The molecule has 15 nitrogen and oxygen atoms in total. The zero-order valence-electron chi connectivity index (χ0n) is 35.9. The SMILES string of the molecule is CO[C@H]1C(=O)[C@]2(C)[C@@H](OC)C[C@H]3OC[C@@]3(OC(C)O)[C@H]2[C@H](OC(=O)c2ccccc2)[C@]2(O)C[C@H](OC(=O)[C@H](O)C(NC(=O)OC(C)(C)C)c3ccccc3)C(C)=C1C2(C)C. The summed E-state index contributed by atoms with van der Waals surface area (Å²) < 4.78 is 42.7. The predicted octanol–water partition coefficient (Wildman–Crippen LogP) is 4.36. The van der Waals surface area contributed by atoms with Crippen molar-refractivity contribution in [1.82, 2.24) is 5.32 Å². The molecule has 0 aromatic heterocycles. The molecule has 15 heteroatoms. The quantitative estimate of drug-likeness (QED) is 0.108. The Labute approximate surface area is 350 Å². The molecule has 2 aromatic carbocycles. The molecule has 1 aliphatic heterocycles. The molecule has 60 heavy (non-hydrogen) atoms. The van der Waals surface area contributed by atoms with Gasteiger partial charge in [0.05, 0.1) is 35.8 Å². The van der Waals surface area contributed by atoms with E-state index in [0.717, 1.165) is 0 Å². The summed E-state index contributed by atoms with van der Waals surface area (Å²) in [6.45, 7) is 13.0. The zero-order valence-corrected chi connectivity index (χ0v) is 35.9. The number of alkyl carbamates (subject to hydrolysis) is 1. The second-order valence-corrected chi connectivity index (χ2v) is 18.1. The van der Waals surface area contributed by atoms with Crippen LogP contribution >= 0.6 is 0 Å². The Balaban J connectivity index is 1.52. The number of Topliss-reactive ketones (excluding diaryl/α,β-unsaturated/α-hetero) is 1. The molecule has 4 N–H and O–H groups in total. The lowest BCUT2D eigenvalue weighted by Crippen LogP contribution is -2.82. The molecule has 1 heterocycles. The van der Waals surface area contributed by atoms with Crippen molar-refractivity contribution in [3.05, 3.63) is 82.9 Å². The second kappa shape index (κ2) is 16.6. The van der Waals surface area contributed by atoms with Gasteiger partial charge in [0.15, 0.2) is 18.2 Å². The monoisotopic (exact) mass is 837 g/mol. The summed E-state index contributed by atoms with van der Waals surface area (Å²) in [6.07, 6.45) is -10.4. The van der Waals surface area contributed by atoms with Gasteiger partial charge in [0.2, 0.25) is 0 Å². The molecule has 2 saturated carbocycles. The minimum absolute atomic E-state index is 0.127. The molecular formula is C45H59NO14. The van der Waals surface area contributed by atoms with Crippen molar-refractivity contribution in [3.8, 4) is 0 Å². The van der Waals surface area contributed by atoms with Crippen molar-refractivity contribution >= 4 is 23.8 Å². The van der Waals surface area contributed by atoms with Crippen LogP contribution in [0.4, 0.5) is 4.79 Å². The lowest BCUT2D eigenvalue weighted by atomic mass is 9.44. The van der Waals surface area contributed by atoms with Crippen molar-refractivity contribution < 1.29 is 67.7 Å². The molecular weight excluding hydrogens is 778 g/mol. The van der Waals surface area contributed by atoms with Crippen LogP contribution in [0.25, 0.3) is 0 Å². The van der Waals surface area contributed by atoms with E-state index in [4.69, 9.17) is 33.2 Å². The third-order valence-corrected chi connectivity index (χ3v) is 13.1. The van der Waals surface area contributed by atoms with Gasteiger partial charge >= 0.3 is 18.0 Å². The Bertz CT molecular complexity index is 1960. The number of hydrogen-bond acceptors (Lipinski definition) is 14. The third-order valence-electron chi connectivity index (χ3n) is 13.1. The fourth-order valence-corrected chi connectivity index (χ4v) is 10.1. The highest BCUT2D eigenvalue weighted by molar-refractivity contribution is 5.94. The molecule has 2 aromatic rings. The van der Waals surface area contributed by atoms with Gasteiger partial charge in [0.1, 0.15) is 35.1 Å². The lowest BCUT2D eigenvalue weighted by molar-refractivity contribution is -0.381. The van der Waals surface area contributed by atoms with Crippen LogP contribution in [0.2, 0.25) is 0 Å². The van der Waals surface area contributed by atoms with Crippen molar-refractivity contribution in [2.24, 2.45) is 16.7 Å². The Hall–Kier alpha value is -4.22. The van der Waals surface area contributed by atoms with E-state index in [1.807, 2.05) is 0 Å². The van der Waals surface area contributed by atoms with E-state index >= 15 is 4.79 Å². The third kappa shape index (κ3) is 7.67. The molecule has 328 valence electrons. The van der Waals surface area contributed by atoms with Crippen molar-refractivity contribution in [2.75, 3.05) is 20.8 Å². The predicted molar refractivity (Wildman–Crippen MR) is 214 cm³/mol. The molecule has 6 rings (SSSR count). The second-order valence-electron chi connectivity index (χ2n) is 18.1. The summed E-state index contributed by atoms with van der Waals surface area (Å²) in [5.41, 5.74) is -6.47. The van der Waals surface area contributed by atoms with E-state index in [1.54, 1.807) is 109 Å². The van der Waals surface area contributed by atoms with Gasteiger partial charge in [-0.15, -0.1) is 0 Å². The Kier molecular flexibility index (Phi) is 12.5. The number of rotatable bonds is 11. The van der Waals surface area contributed by atoms with Gasteiger partial charge in [0, 0.05) is 38.4 Å². The first-order valence-electron chi connectivity index (χ1n) is 20.3. The maximum Gasteiger partial charge on any atom is 0.408 e. The number of ketones is 1. The summed E-state index contributed by atoms with van der Waals surface area (Å²) in [5, 5.41) is 38.9. The van der Waals surface area contributed by atoms with Gasteiger partial charge < -0.3 is 53.8 Å². The van der Waals surface area contributed by atoms with Gasteiger partial charge in [-0.25, -0.2) is 14.4 Å². The van der Waals surface area contributed by atoms with Gasteiger partial charge in [-0.05, 0) is 70.4 Å². The van der Waals surface area contributed by atoms with Gasteiger partial charge in [0.25, 0.3) is 0 Å². The number of methoxy groups -OCH3 is 2. The molecule has 0 spiro atoms. The summed E-state index contributed by atoms with van der Waals surface area (Å²) in [4.78, 5) is 57.1. The highest BCUT2D eigenvalue weighted by Gasteiger charge is 2.77. The summed E-state index contributed by atoms with van der Waals surface area (Å²) in [7, 11) is 2.82. The fourth-order valence-electron chi connectivity index (χ4n) is 10.1. The number of amides is 1. The average Bonchev–Trinajstić information content (AvgIpc) is 3.18. The van der Waals surface area contributed by atoms with Crippen LogP contribution in [0.5, 0.6) is 0 Å². The van der Waals surface area contributed by atoms with Crippen LogP contribution in [-0.2, 0) is 42.7 Å². The van der Waals surface area contributed by atoms with E-state index in [2.05, 4.69) is 5.32 Å². The maximum absolute atomic E-state index is 15.6. The normalized spacial score (nSPS) is 33.6. The number of benzene rings is 2. The molecule has 12 atom stereocenters. The molecule has 1 amide bonds. The number of ether oxygens (including phenoxy) is 7. The number of aliphatic hydroxyl groups excluding tert-OH is 2. The van der Waals surface area contributed by atoms with Crippen LogP contribution in [0.15, 0.2) is 71.8 Å². The summed E-state index contributed by atoms with van der Waals surface area (Å²) in [6, 6.07) is 15.2. The van der Waals surface area contributed by atoms with E-state index in [0.29, 0.717) is 11.1 Å². The zero-order chi connectivity index (χ0) is 44.2. The molecule has 3 fully saturated rings. The van der Waals surface area contributed by atoms with Crippen LogP contribution in [0.3, 0.4) is 0 Å². The first kappa shape index (κ1) is 45.3. The highest BCUT2D eigenvalue weighted by Crippen LogP contribution is 2.65. The Morgan fingerprint density at radius 3 is 2.08 bits per heavy atom. The van der Waals surface area contributed by atoms with Gasteiger partial charge in [-0.1, -0.05) is 62.4 Å². The average molecular weight is 838 g/mol. The molecule has 1 saturated heterocycles. The minimum atomic E-state index is -2.19. The number of carbonyl (C=O) groups excluding carboxylic acids is 4. The number of fused-ring (bicyclic) bond motifs is 5. The molecule has 3 aliphatic carbocycles. The van der Waals surface area contributed by atoms with Crippen molar-refractivity contribution in [3.63, 3.8) is 0 Å². The first-order valence-corrected chi connectivity index (χ1v) is 20.3. The summed E-state index contributed by atoms with van der Waals surface area (Å²) >= 11 is 0. The summed E-state index contributed by atoms with van der Waals surface area (Å²) in [5.74, 6) is -3.71. The van der Waals surface area contributed by atoms with E-state index in [-0.39, 0.29) is 24.2 Å².